The Morgan fingerprint density at radius 2 is 1.78 bits per heavy atom. The van der Waals surface area contributed by atoms with Gasteiger partial charge < -0.3 is 10.0 Å². The maximum absolute atomic E-state index is 13.2. The first-order valence-electron chi connectivity index (χ1n) is 9.74. The zero-order valence-electron chi connectivity index (χ0n) is 16.8. The number of benzene rings is 2. The Hall–Kier alpha value is -3.21. The van der Waals surface area contributed by atoms with Crippen molar-refractivity contribution in [1.82, 2.24) is 19.0 Å². The number of phenolic OH excluding ortho intramolecular Hbond substituents is 1. The Morgan fingerprint density at radius 1 is 1.06 bits per heavy atom. The van der Waals surface area contributed by atoms with E-state index in [0.717, 1.165) is 4.31 Å². The highest BCUT2D eigenvalue weighted by Gasteiger charge is 2.39. The van der Waals surface area contributed by atoms with E-state index in [0.29, 0.717) is 23.1 Å². The molecule has 11 heteroatoms. The van der Waals surface area contributed by atoms with E-state index >= 15 is 0 Å². The van der Waals surface area contributed by atoms with E-state index in [1.807, 2.05) is 4.90 Å². The molecule has 9 nitrogen and oxygen atoms in total. The molecule has 2 N–H and O–H groups in total. The van der Waals surface area contributed by atoms with Gasteiger partial charge in [-0.2, -0.15) is 12.7 Å². The molecule has 1 aromatic heterocycles. The molecule has 3 aromatic rings. The van der Waals surface area contributed by atoms with E-state index in [9.17, 15) is 18.3 Å². The van der Waals surface area contributed by atoms with Crippen LogP contribution in [0, 0.1) is 0 Å². The molecule has 2 heterocycles. The zero-order valence-corrected chi connectivity index (χ0v) is 18.4. The van der Waals surface area contributed by atoms with Crippen LogP contribution >= 0.6 is 11.6 Å². The maximum Gasteiger partial charge on any atom is 0.304 e. The second-order valence-corrected chi connectivity index (χ2v) is 9.19. The Balaban J connectivity index is 1.67. The minimum atomic E-state index is -4.25. The van der Waals surface area contributed by atoms with Gasteiger partial charge in [0.2, 0.25) is 5.95 Å². The molecule has 0 radical (unpaired) electrons. The Morgan fingerprint density at radius 3 is 2.50 bits per heavy atom. The molecular formula is C21H20ClN5O4S. The third kappa shape index (κ3) is 4.67. The highest BCUT2D eigenvalue weighted by atomic mass is 35.5. The number of aromatic nitrogens is 2. The smallest absolute Gasteiger partial charge is 0.304 e. The third-order valence-electron chi connectivity index (χ3n) is 5.08. The van der Waals surface area contributed by atoms with E-state index in [4.69, 9.17) is 11.6 Å². The fourth-order valence-electron chi connectivity index (χ4n) is 3.56. The van der Waals surface area contributed by atoms with Crippen LogP contribution in [-0.4, -0.2) is 53.3 Å². The van der Waals surface area contributed by atoms with Crippen LogP contribution in [0.1, 0.15) is 22.0 Å². The number of phenols is 1. The summed E-state index contributed by atoms with van der Waals surface area (Å²) >= 11 is 6.13. The number of aromatic hydroxyl groups is 1. The SMILES string of the molecule is O=C(NS(=O)(=O)N1CCN(c2ncccn2)CC1c1cc(Cl)ccc1O)c1ccccc1. The van der Waals surface area contributed by atoms with Crippen molar-refractivity contribution in [3.8, 4) is 5.75 Å². The van der Waals surface area contributed by atoms with Crippen LogP contribution in [0.5, 0.6) is 5.75 Å². The number of nitrogens with one attached hydrogen (secondary N) is 1. The molecule has 1 fully saturated rings. The minimum absolute atomic E-state index is 0.0340. The first-order chi connectivity index (χ1) is 15.3. The molecule has 1 unspecified atom stereocenters. The van der Waals surface area contributed by atoms with E-state index < -0.39 is 22.2 Å². The molecule has 32 heavy (non-hydrogen) atoms. The van der Waals surface area contributed by atoms with Crippen LogP contribution in [-0.2, 0) is 10.2 Å². The van der Waals surface area contributed by atoms with Gasteiger partial charge in [0.1, 0.15) is 5.75 Å². The molecule has 1 saturated heterocycles. The summed E-state index contributed by atoms with van der Waals surface area (Å²) in [6.07, 6.45) is 3.19. The second-order valence-electron chi connectivity index (χ2n) is 7.13. The number of carbonyl (C=O) groups excluding carboxylic acids is 1. The van der Waals surface area contributed by atoms with Crippen LogP contribution in [0.2, 0.25) is 5.02 Å². The molecular weight excluding hydrogens is 454 g/mol. The highest BCUT2D eigenvalue weighted by molar-refractivity contribution is 7.87. The number of nitrogens with zero attached hydrogens (tertiary/aromatic N) is 4. The average Bonchev–Trinajstić information content (AvgIpc) is 2.81. The second kappa shape index (κ2) is 9.11. The van der Waals surface area contributed by atoms with E-state index in [1.54, 1.807) is 36.7 Å². The number of halogens is 1. The van der Waals surface area contributed by atoms with Gasteiger partial charge in [-0.1, -0.05) is 29.8 Å². The molecule has 4 rings (SSSR count). The lowest BCUT2D eigenvalue weighted by Crippen LogP contribution is -2.54. The van der Waals surface area contributed by atoms with Crippen molar-refractivity contribution in [3.63, 3.8) is 0 Å². The summed E-state index contributed by atoms with van der Waals surface area (Å²) in [5.41, 5.74) is 0.533. The summed E-state index contributed by atoms with van der Waals surface area (Å²) in [6, 6.07) is 13.3. The molecule has 1 atom stereocenters. The van der Waals surface area contributed by atoms with E-state index in [2.05, 4.69) is 14.7 Å². The number of hydrogen-bond acceptors (Lipinski definition) is 7. The van der Waals surface area contributed by atoms with Gasteiger partial charge in [-0.3, -0.25) is 4.79 Å². The highest BCUT2D eigenvalue weighted by Crippen LogP contribution is 2.35. The van der Waals surface area contributed by atoms with Gasteiger partial charge >= 0.3 is 10.2 Å². The van der Waals surface area contributed by atoms with Gasteiger partial charge in [-0.25, -0.2) is 14.7 Å². The van der Waals surface area contributed by atoms with Crippen LogP contribution in [0.3, 0.4) is 0 Å². The lowest BCUT2D eigenvalue weighted by molar-refractivity contribution is 0.0977. The molecule has 1 aliphatic heterocycles. The minimum Gasteiger partial charge on any atom is -0.508 e. The normalized spacial score (nSPS) is 17.2. The quantitative estimate of drug-likeness (QED) is 0.584. The summed E-state index contributed by atoms with van der Waals surface area (Å²) in [5.74, 6) is -0.414. The van der Waals surface area contributed by atoms with Crippen molar-refractivity contribution in [3.05, 3.63) is 83.1 Å². The lowest BCUT2D eigenvalue weighted by Gasteiger charge is -2.40. The van der Waals surface area contributed by atoms with Gasteiger partial charge in [0.05, 0.1) is 6.04 Å². The largest absolute Gasteiger partial charge is 0.508 e. The summed E-state index contributed by atoms with van der Waals surface area (Å²) in [7, 11) is -4.25. The molecule has 0 spiro atoms. The molecule has 0 bridgehead atoms. The fourth-order valence-corrected chi connectivity index (χ4v) is 5.05. The fraction of sp³-hybridized carbons (Fsp3) is 0.190. The van der Waals surface area contributed by atoms with Gasteiger partial charge in [0.25, 0.3) is 5.91 Å². The Kier molecular flexibility index (Phi) is 6.26. The average molecular weight is 474 g/mol. The Bertz CT molecular complexity index is 1210. The van der Waals surface area contributed by atoms with Crippen molar-refractivity contribution >= 4 is 33.7 Å². The van der Waals surface area contributed by atoms with E-state index in [-0.39, 0.29) is 24.4 Å². The van der Waals surface area contributed by atoms with Crippen LogP contribution < -0.4 is 9.62 Å². The predicted molar refractivity (Wildman–Crippen MR) is 120 cm³/mol. The molecule has 1 aliphatic rings. The molecule has 2 aromatic carbocycles. The van der Waals surface area contributed by atoms with Gasteiger partial charge in [-0.05, 0) is 36.4 Å². The molecule has 166 valence electrons. The zero-order chi connectivity index (χ0) is 22.7. The van der Waals surface area contributed by atoms with Crippen molar-refractivity contribution in [1.29, 1.82) is 0 Å². The number of hydrogen-bond donors (Lipinski definition) is 2. The first kappa shape index (κ1) is 22.0. The van der Waals surface area contributed by atoms with E-state index in [1.165, 1.54) is 30.3 Å². The molecule has 1 amide bonds. The van der Waals surface area contributed by atoms with Crippen LogP contribution in [0.4, 0.5) is 5.95 Å². The predicted octanol–water partition coefficient (Wildman–Crippen LogP) is 2.37. The molecule has 0 saturated carbocycles. The Labute approximate surface area is 190 Å². The summed E-state index contributed by atoms with van der Waals surface area (Å²) in [6.45, 7) is 0.479. The number of carbonyl (C=O) groups is 1. The monoisotopic (exact) mass is 473 g/mol. The van der Waals surface area contributed by atoms with Crippen molar-refractivity contribution in [2.75, 3.05) is 24.5 Å². The van der Waals surface area contributed by atoms with Crippen molar-refractivity contribution < 1.29 is 18.3 Å². The molecule has 0 aliphatic carbocycles. The first-order valence-corrected chi connectivity index (χ1v) is 11.6. The van der Waals surface area contributed by atoms with Crippen LogP contribution in [0.15, 0.2) is 67.0 Å². The van der Waals surface area contributed by atoms with Crippen molar-refractivity contribution in [2.45, 2.75) is 6.04 Å². The summed E-state index contributed by atoms with van der Waals surface area (Å²) in [5, 5.41) is 10.8. The van der Waals surface area contributed by atoms with Gasteiger partial charge in [0, 0.05) is 48.2 Å². The maximum atomic E-state index is 13.2. The van der Waals surface area contributed by atoms with Gasteiger partial charge in [0.15, 0.2) is 0 Å². The number of rotatable bonds is 5. The topological polar surface area (TPSA) is 116 Å². The number of piperazine rings is 1. The lowest BCUT2D eigenvalue weighted by atomic mass is 10.0. The summed E-state index contributed by atoms with van der Waals surface area (Å²) < 4.78 is 29.7. The third-order valence-corrected chi connectivity index (χ3v) is 6.81. The van der Waals surface area contributed by atoms with Gasteiger partial charge in [-0.15, -0.1) is 0 Å². The van der Waals surface area contributed by atoms with Crippen LogP contribution in [0.25, 0.3) is 0 Å². The number of anilines is 1. The standard InChI is InChI=1S/C21H20ClN5O4S/c22-16-7-8-19(28)17(13-16)18-14-26(21-23-9-4-10-24-21)11-12-27(18)32(30,31)25-20(29)15-5-2-1-3-6-15/h1-10,13,18,28H,11-12,14H2,(H,25,29). The van der Waals surface area contributed by atoms with Crippen molar-refractivity contribution in [2.24, 2.45) is 0 Å². The summed E-state index contributed by atoms with van der Waals surface area (Å²) in [4.78, 5) is 22.8. The number of amides is 1.